The van der Waals surface area contributed by atoms with Gasteiger partial charge in [0.2, 0.25) is 0 Å². The van der Waals surface area contributed by atoms with E-state index in [1.165, 1.54) is 6.07 Å². The highest BCUT2D eigenvalue weighted by molar-refractivity contribution is 9.10. The molecule has 4 heteroatoms. The second-order valence-corrected chi connectivity index (χ2v) is 5.22. The molecule has 0 aromatic heterocycles. The van der Waals surface area contributed by atoms with Crippen molar-refractivity contribution in [1.82, 2.24) is 0 Å². The first-order valence-corrected chi connectivity index (χ1v) is 6.24. The van der Waals surface area contributed by atoms with Gasteiger partial charge >= 0.3 is 0 Å². The largest absolute Gasteiger partial charge is 0.298 e. The minimum Gasteiger partial charge on any atom is -0.298 e. The van der Waals surface area contributed by atoms with Gasteiger partial charge in [0.25, 0.3) is 0 Å². The summed E-state index contributed by atoms with van der Waals surface area (Å²) in [5.41, 5.74) is 0.580. The number of ketones is 1. The van der Waals surface area contributed by atoms with Crippen molar-refractivity contribution in [2.75, 3.05) is 0 Å². The van der Waals surface area contributed by atoms with E-state index in [2.05, 4.69) is 15.9 Å². The van der Waals surface area contributed by atoms with E-state index < -0.39 is 5.82 Å². The van der Waals surface area contributed by atoms with Crippen molar-refractivity contribution >= 4 is 21.7 Å². The molecular formula is C13H13BrFNO. The van der Waals surface area contributed by atoms with E-state index in [1.54, 1.807) is 12.1 Å². The number of carbonyl (C=O) groups is 1. The zero-order chi connectivity index (χ0) is 13.0. The zero-order valence-corrected chi connectivity index (χ0v) is 11.3. The average molecular weight is 298 g/mol. The molecule has 1 aromatic carbocycles. The molecule has 1 unspecified atom stereocenters. The fraction of sp³-hybridized carbons (Fsp3) is 0.385. The van der Waals surface area contributed by atoms with Crippen LogP contribution < -0.4 is 0 Å². The first-order valence-electron chi connectivity index (χ1n) is 5.32. The van der Waals surface area contributed by atoms with Gasteiger partial charge in [0.15, 0.2) is 0 Å². The van der Waals surface area contributed by atoms with Gasteiger partial charge in [-0.2, -0.15) is 5.26 Å². The number of Topliss-reactive ketones (excluding diaryl/α,β-unsaturated/α-hetero) is 1. The quantitative estimate of drug-likeness (QED) is 0.801. The summed E-state index contributed by atoms with van der Waals surface area (Å²) in [4.78, 5) is 11.3. The van der Waals surface area contributed by atoms with E-state index in [0.717, 1.165) is 0 Å². The molecule has 17 heavy (non-hydrogen) atoms. The van der Waals surface area contributed by atoms with Crippen LogP contribution in [0.5, 0.6) is 0 Å². The zero-order valence-electron chi connectivity index (χ0n) is 9.71. The van der Waals surface area contributed by atoms with Crippen LogP contribution in [0, 0.1) is 23.1 Å². The Morgan fingerprint density at radius 3 is 2.71 bits per heavy atom. The third-order valence-electron chi connectivity index (χ3n) is 2.49. The number of carbonyl (C=O) groups excluding carboxylic acids is 1. The van der Waals surface area contributed by atoms with Crippen LogP contribution in [0.25, 0.3) is 0 Å². The highest BCUT2D eigenvalue weighted by Crippen LogP contribution is 2.19. The van der Waals surface area contributed by atoms with Gasteiger partial charge < -0.3 is 0 Å². The lowest BCUT2D eigenvalue weighted by molar-refractivity contribution is -0.121. The lowest BCUT2D eigenvalue weighted by Crippen LogP contribution is -2.22. The van der Waals surface area contributed by atoms with Crippen molar-refractivity contribution in [3.63, 3.8) is 0 Å². The number of hydrogen-bond acceptors (Lipinski definition) is 2. The predicted octanol–water partition coefficient (Wildman–Crippen LogP) is 3.23. The average Bonchev–Trinajstić information content (AvgIpc) is 2.28. The summed E-state index contributed by atoms with van der Waals surface area (Å²) in [5, 5.41) is 8.87. The van der Waals surface area contributed by atoms with Crippen LogP contribution in [0.1, 0.15) is 25.0 Å². The maximum Gasteiger partial charge on any atom is 0.149 e. The lowest BCUT2D eigenvalue weighted by Gasteiger charge is -2.12. The Balaban J connectivity index is 2.93. The van der Waals surface area contributed by atoms with Crippen molar-refractivity contribution < 1.29 is 9.18 Å². The van der Waals surface area contributed by atoms with E-state index in [4.69, 9.17) is 5.26 Å². The number of benzene rings is 1. The smallest absolute Gasteiger partial charge is 0.149 e. The van der Waals surface area contributed by atoms with E-state index in [-0.39, 0.29) is 22.1 Å². The molecule has 0 radical (unpaired) electrons. The molecule has 0 saturated carbocycles. The number of hydrogen-bond donors (Lipinski definition) is 0. The van der Waals surface area contributed by atoms with E-state index in [0.29, 0.717) is 12.0 Å². The van der Waals surface area contributed by atoms with E-state index in [9.17, 15) is 9.18 Å². The highest BCUT2D eigenvalue weighted by atomic mass is 79.9. The number of nitrogens with zero attached hydrogens (tertiary/aromatic N) is 1. The molecule has 0 saturated heterocycles. The van der Waals surface area contributed by atoms with Crippen LogP contribution in [0.2, 0.25) is 0 Å². The maximum absolute atomic E-state index is 13.3. The monoisotopic (exact) mass is 297 g/mol. The summed E-state index contributed by atoms with van der Waals surface area (Å²) in [6, 6.07) is 6.29. The van der Waals surface area contributed by atoms with Crippen molar-refractivity contribution in [2.24, 2.45) is 5.92 Å². The summed E-state index contributed by atoms with van der Waals surface area (Å²) in [5.74, 6) is -0.571. The standard InChI is InChI=1S/C13H13BrFNO/c1-8(2)13(17)11(14)6-9-4-3-5-12(15)10(9)7-16/h3-5,8,11H,6H2,1-2H3. The molecule has 0 spiro atoms. The topological polar surface area (TPSA) is 40.9 Å². The number of nitriles is 1. The molecular weight excluding hydrogens is 285 g/mol. The Bertz CT molecular complexity index is 465. The molecule has 0 aliphatic heterocycles. The molecule has 1 aromatic rings. The van der Waals surface area contributed by atoms with Crippen LogP contribution in [-0.2, 0) is 11.2 Å². The molecule has 1 atom stereocenters. The molecule has 1 rings (SSSR count). The molecule has 0 fully saturated rings. The molecule has 0 aliphatic carbocycles. The SMILES string of the molecule is CC(C)C(=O)C(Br)Cc1cccc(F)c1C#N. The van der Waals surface area contributed by atoms with Crippen molar-refractivity contribution in [1.29, 1.82) is 5.26 Å². The van der Waals surface area contributed by atoms with E-state index in [1.807, 2.05) is 19.9 Å². The summed E-state index contributed by atoms with van der Waals surface area (Å²) >= 11 is 3.29. The second kappa shape index (κ2) is 5.92. The molecule has 0 amide bonds. The molecule has 2 nitrogen and oxygen atoms in total. The molecule has 0 aliphatic rings. The maximum atomic E-state index is 13.3. The van der Waals surface area contributed by atoms with Crippen LogP contribution in [0.15, 0.2) is 18.2 Å². The van der Waals surface area contributed by atoms with Gasteiger partial charge in [0.05, 0.1) is 10.4 Å². The third kappa shape index (κ3) is 3.37. The molecule has 0 N–H and O–H groups in total. The summed E-state index contributed by atoms with van der Waals surface area (Å²) in [6.45, 7) is 3.63. The second-order valence-electron chi connectivity index (χ2n) is 4.11. The van der Waals surface area contributed by atoms with Crippen LogP contribution in [0.4, 0.5) is 4.39 Å². The van der Waals surface area contributed by atoms with Crippen molar-refractivity contribution in [3.8, 4) is 6.07 Å². The van der Waals surface area contributed by atoms with Gasteiger partial charge in [-0.3, -0.25) is 4.79 Å². The molecule has 0 bridgehead atoms. The Kier molecular flexibility index (Phi) is 4.83. The minimum atomic E-state index is -0.540. The van der Waals surface area contributed by atoms with Gasteiger partial charge in [0, 0.05) is 5.92 Å². The fourth-order valence-corrected chi connectivity index (χ4v) is 2.40. The molecule has 90 valence electrons. The summed E-state index contributed by atoms with van der Waals surface area (Å²) in [6.07, 6.45) is 0.331. The highest BCUT2D eigenvalue weighted by Gasteiger charge is 2.20. The number of rotatable bonds is 4. The van der Waals surface area contributed by atoms with Crippen LogP contribution in [0.3, 0.4) is 0 Å². The van der Waals surface area contributed by atoms with Crippen LogP contribution in [-0.4, -0.2) is 10.6 Å². The van der Waals surface area contributed by atoms with Gasteiger partial charge in [-0.15, -0.1) is 0 Å². The predicted molar refractivity (Wildman–Crippen MR) is 67.4 cm³/mol. The van der Waals surface area contributed by atoms with Gasteiger partial charge in [-0.25, -0.2) is 4.39 Å². The minimum absolute atomic E-state index is 0.0218. The first-order chi connectivity index (χ1) is 7.97. The fourth-order valence-electron chi connectivity index (χ4n) is 1.52. The number of alkyl halides is 1. The van der Waals surface area contributed by atoms with Crippen molar-refractivity contribution in [2.45, 2.75) is 25.1 Å². The van der Waals surface area contributed by atoms with Crippen LogP contribution >= 0.6 is 15.9 Å². The van der Waals surface area contributed by atoms with Gasteiger partial charge in [-0.1, -0.05) is 41.9 Å². The Morgan fingerprint density at radius 1 is 1.53 bits per heavy atom. The normalized spacial score (nSPS) is 12.2. The Morgan fingerprint density at radius 2 is 2.18 bits per heavy atom. The Hall–Kier alpha value is -1.21. The number of halogens is 2. The van der Waals surface area contributed by atoms with Gasteiger partial charge in [-0.05, 0) is 18.1 Å². The third-order valence-corrected chi connectivity index (χ3v) is 3.26. The van der Waals surface area contributed by atoms with Crippen molar-refractivity contribution in [3.05, 3.63) is 35.1 Å². The lowest BCUT2D eigenvalue weighted by atomic mass is 9.98. The van der Waals surface area contributed by atoms with Gasteiger partial charge in [0.1, 0.15) is 17.7 Å². The Labute approximate surface area is 109 Å². The molecule has 0 heterocycles. The first kappa shape index (κ1) is 13.9. The van der Waals surface area contributed by atoms with E-state index >= 15 is 0 Å². The summed E-state index contributed by atoms with van der Waals surface area (Å²) < 4.78 is 13.3. The summed E-state index contributed by atoms with van der Waals surface area (Å²) in [7, 11) is 0.